The van der Waals surface area contributed by atoms with Crippen LogP contribution in [0.1, 0.15) is 33.6 Å². The minimum absolute atomic E-state index is 0.147. The van der Waals surface area contributed by atoms with E-state index in [-0.39, 0.29) is 11.7 Å². The summed E-state index contributed by atoms with van der Waals surface area (Å²) in [5.41, 5.74) is -0.976. The lowest BCUT2D eigenvalue weighted by atomic mass is 9.99. The van der Waals surface area contributed by atoms with Crippen LogP contribution in [-0.2, 0) is 9.53 Å². The van der Waals surface area contributed by atoms with Crippen LogP contribution >= 0.6 is 0 Å². The summed E-state index contributed by atoms with van der Waals surface area (Å²) in [6.07, 6.45) is -6.97. The van der Waals surface area contributed by atoms with Crippen molar-refractivity contribution in [1.29, 1.82) is 0 Å². The van der Waals surface area contributed by atoms with Crippen LogP contribution in [0.25, 0.3) is 0 Å². The number of Topliss-reactive ketones (excluding diaryl/α,β-unsaturated/α-hetero) is 1. The Bertz CT molecular complexity index is 375. The Morgan fingerprint density at radius 2 is 1.68 bits per heavy atom. The van der Waals surface area contributed by atoms with Crippen molar-refractivity contribution in [1.82, 2.24) is 4.90 Å². The summed E-state index contributed by atoms with van der Waals surface area (Å²) in [6.45, 7) is 4.15. The van der Waals surface area contributed by atoms with Crippen LogP contribution in [0, 0.1) is 5.92 Å². The molecule has 1 fully saturated rings. The molecule has 1 amide bonds. The van der Waals surface area contributed by atoms with E-state index in [0.717, 1.165) is 11.8 Å². The van der Waals surface area contributed by atoms with Crippen molar-refractivity contribution in [3.8, 4) is 0 Å². The van der Waals surface area contributed by atoms with Crippen molar-refractivity contribution in [3.63, 3.8) is 0 Å². The molecule has 1 atom stereocenters. The second-order valence-corrected chi connectivity index (χ2v) is 5.18. The maximum atomic E-state index is 12.3. The number of amides is 1. The van der Waals surface area contributed by atoms with E-state index in [1.807, 2.05) is 0 Å². The summed E-state index contributed by atoms with van der Waals surface area (Å²) in [4.78, 5) is 24.6. The van der Waals surface area contributed by atoms with E-state index in [1.165, 1.54) is 7.05 Å². The van der Waals surface area contributed by atoms with Gasteiger partial charge < -0.3 is 4.74 Å². The Morgan fingerprint density at radius 1 is 1.21 bits per heavy atom. The molecule has 7 heteroatoms. The average Bonchev–Trinajstić information content (AvgIpc) is 3.06. The van der Waals surface area contributed by atoms with Gasteiger partial charge in [0.25, 0.3) is 0 Å². The van der Waals surface area contributed by atoms with Crippen LogP contribution in [0.15, 0.2) is 0 Å². The lowest BCUT2D eigenvalue weighted by Crippen LogP contribution is -2.48. The number of likely N-dealkylation sites (N-methyl/N-ethyl adjacent to an activating group) is 1. The number of carbonyl (C=O) groups is 2. The third-order valence-electron chi connectivity index (χ3n) is 3.36. The predicted octanol–water partition coefficient (Wildman–Crippen LogP) is 2.76. The molecule has 1 aliphatic rings. The summed E-state index contributed by atoms with van der Waals surface area (Å²) in [6, 6.07) is 0. The number of hydrogen-bond acceptors (Lipinski definition) is 3. The van der Waals surface area contributed by atoms with Crippen LogP contribution < -0.4 is 0 Å². The summed E-state index contributed by atoms with van der Waals surface area (Å²) in [7, 11) is 1.30. The van der Waals surface area contributed by atoms with Crippen LogP contribution in [0.3, 0.4) is 0 Å². The highest BCUT2D eigenvalue weighted by molar-refractivity contribution is 5.95. The van der Waals surface area contributed by atoms with Crippen LogP contribution in [0.4, 0.5) is 18.0 Å². The van der Waals surface area contributed by atoms with E-state index in [4.69, 9.17) is 0 Å². The van der Waals surface area contributed by atoms with Crippen molar-refractivity contribution >= 4 is 11.9 Å². The molecule has 1 aliphatic carbocycles. The van der Waals surface area contributed by atoms with Crippen molar-refractivity contribution in [2.75, 3.05) is 7.05 Å². The maximum absolute atomic E-state index is 12.3. The first kappa shape index (κ1) is 15.8. The van der Waals surface area contributed by atoms with Gasteiger partial charge in [-0.3, -0.25) is 9.69 Å². The molecule has 0 aromatic heterocycles. The summed E-state index contributed by atoms with van der Waals surface area (Å²) < 4.78 is 41.3. The summed E-state index contributed by atoms with van der Waals surface area (Å²) >= 11 is 0. The zero-order chi connectivity index (χ0) is 15.0. The Labute approximate surface area is 109 Å². The topological polar surface area (TPSA) is 46.6 Å². The first-order chi connectivity index (χ1) is 8.52. The Kier molecular flexibility index (Phi) is 4.17. The van der Waals surface area contributed by atoms with E-state index in [1.54, 1.807) is 13.8 Å². The van der Waals surface area contributed by atoms with Crippen LogP contribution in [-0.4, -0.2) is 41.6 Å². The van der Waals surface area contributed by atoms with Crippen molar-refractivity contribution in [3.05, 3.63) is 0 Å². The molecule has 4 nitrogen and oxygen atoms in total. The van der Waals surface area contributed by atoms with E-state index in [2.05, 4.69) is 4.74 Å². The average molecular weight is 281 g/mol. The van der Waals surface area contributed by atoms with Gasteiger partial charge in [-0.2, -0.15) is 13.2 Å². The maximum Gasteiger partial charge on any atom is 0.425 e. The van der Waals surface area contributed by atoms with Gasteiger partial charge >= 0.3 is 12.3 Å². The molecule has 0 aromatic carbocycles. The second kappa shape index (κ2) is 5.02. The smallest absolute Gasteiger partial charge is 0.425 e. The molecule has 0 N–H and O–H groups in total. The number of carbonyl (C=O) groups excluding carboxylic acids is 2. The quantitative estimate of drug-likeness (QED) is 0.796. The number of rotatable bonds is 4. The molecule has 0 spiro atoms. The van der Waals surface area contributed by atoms with Gasteiger partial charge in [-0.25, -0.2) is 4.79 Å². The Hall–Kier alpha value is -1.27. The molecule has 1 rings (SSSR count). The van der Waals surface area contributed by atoms with Gasteiger partial charge in [0.05, 0.1) is 0 Å². The molecular weight excluding hydrogens is 263 g/mol. The number of ether oxygens (including phenoxy) is 1. The molecule has 0 heterocycles. The molecule has 0 bridgehead atoms. The SMILES string of the molecule is CC(C)C(=O)C1(N(C)C(=O)O[C@H](C)C(F)(F)F)CC1. The van der Waals surface area contributed by atoms with Gasteiger partial charge in [-0.15, -0.1) is 0 Å². The molecule has 0 unspecified atom stereocenters. The first-order valence-corrected chi connectivity index (χ1v) is 6.08. The van der Waals surface area contributed by atoms with E-state index >= 15 is 0 Å². The van der Waals surface area contributed by atoms with Crippen molar-refractivity contribution in [2.45, 2.75) is 51.4 Å². The number of ketones is 1. The van der Waals surface area contributed by atoms with Gasteiger partial charge in [0.1, 0.15) is 5.54 Å². The Balaban J connectivity index is 2.71. The molecule has 110 valence electrons. The largest absolute Gasteiger partial charge is 0.437 e. The number of hydrogen-bond donors (Lipinski definition) is 0. The molecule has 0 radical (unpaired) electrons. The third-order valence-corrected chi connectivity index (χ3v) is 3.36. The summed E-state index contributed by atoms with van der Waals surface area (Å²) in [5, 5.41) is 0. The van der Waals surface area contributed by atoms with E-state index < -0.39 is 23.9 Å². The van der Waals surface area contributed by atoms with Gasteiger partial charge in [0.2, 0.25) is 0 Å². The number of nitrogens with zero attached hydrogens (tertiary/aromatic N) is 1. The Morgan fingerprint density at radius 3 is 2.00 bits per heavy atom. The lowest BCUT2D eigenvalue weighted by molar-refractivity contribution is -0.200. The van der Waals surface area contributed by atoms with Crippen molar-refractivity contribution < 1.29 is 27.5 Å². The highest BCUT2D eigenvalue weighted by Crippen LogP contribution is 2.44. The van der Waals surface area contributed by atoms with Crippen LogP contribution in [0.5, 0.6) is 0 Å². The monoisotopic (exact) mass is 281 g/mol. The number of alkyl halides is 3. The molecule has 19 heavy (non-hydrogen) atoms. The van der Waals surface area contributed by atoms with Gasteiger partial charge in [-0.1, -0.05) is 13.8 Å². The van der Waals surface area contributed by atoms with Gasteiger partial charge in [0, 0.05) is 13.0 Å². The predicted molar refractivity (Wildman–Crippen MR) is 61.6 cm³/mol. The normalized spacial score (nSPS) is 18.9. The van der Waals surface area contributed by atoms with Gasteiger partial charge in [-0.05, 0) is 19.8 Å². The molecule has 1 saturated carbocycles. The van der Waals surface area contributed by atoms with Crippen LogP contribution in [0.2, 0.25) is 0 Å². The fourth-order valence-corrected chi connectivity index (χ4v) is 1.87. The minimum atomic E-state index is -4.60. The molecular formula is C12H18F3NO3. The molecule has 0 saturated heterocycles. The molecule has 0 aliphatic heterocycles. The third kappa shape index (κ3) is 3.19. The fraction of sp³-hybridized carbons (Fsp3) is 0.833. The second-order valence-electron chi connectivity index (χ2n) is 5.18. The zero-order valence-corrected chi connectivity index (χ0v) is 11.4. The highest BCUT2D eigenvalue weighted by atomic mass is 19.4. The highest BCUT2D eigenvalue weighted by Gasteiger charge is 2.56. The minimum Gasteiger partial charge on any atom is -0.437 e. The van der Waals surface area contributed by atoms with Crippen molar-refractivity contribution in [2.24, 2.45) is 5.92 Å². The summed E-state index contributed by atoms with van der Waals surface area (Å²) in [5.74, 6) is -0.426. The van der Waals surface area contributed by atoms with Gasteiger partial charge in [0.15, 0.2) is 11.9 Å². The first-order valence-electron chi connectivity index (χ1n) is 6.08. The standard InChI is InChI=1S/C12H18F3NO3/c1-7(2)9(17)11(5-6-11)16(4)10(18)19-8(3)12(13,14)15/h7-8H,5-6H2,1-4H3/t8-/m1/s1. The fourth-order valence-electron chi connectivity index (χ4n) is 1.87. The molecule has 0 aromatic rings. The van der Waals surface area contributed by atoms with E-state index in [0.29, 0.717) is 12.8 Å². The lowest BCUT2D eigenvalue weighted by Gasteiger charge is -2.29. The van der Waals surface area contributed by atoms with E-state index in [9.17, 15) is 22.8 Å². The zero-order valence-electron chi connectivity index (χ0n) is 11.4. The number of halogens is 3.